The van der Waals surface area contributed by atoms with Crippen LogP contribution >= 0.6 is 24.0 Å². The van der Waals surface area contributed by atoms with Crippen LogP contribution in [-0.2, 0) is 11.3 Å². The van der Waals surface area contributed by atoms with Gasteiger partial charge in [-0.2, -0.15) is 0 Å². The van der Waals surface area contributed by atoms with Crippen molar-refractivity contribution in [2.45, 2.75) is 51.8 Å². The van der Waals surface area contributed by atoms with Crippen LogP contribution in [0.3, 0.4) is 0 Å². The molecule has 1 aromatic rings. The number of amides is 1. The number of hydrogen-bond acceptors (Lipinski definition) is 4. The predicted molar refractivity (Wildman–Crippen MR) is 137 cm³/mol. The summed E-state index contributed by atoms with van der Waals surface area (Å²) < 4.78 is 5.52. The number of nitrogens with zero attached hydrogens (tertiary/aromatic N) is 3. The van der Waals surface area contributed by atoms with Crippen LogP contribution in [0.4, 0.5) is 10.5 Å². The van der Waals surface area contributed by atoms with Gasteiger partial charge in [0.25, 0.3) is 0 Å². The summed E-state index contributed by atoms with van der Waals surface area (Å²) in [4.78, 5) is 20.9. The molecule has 0 bridgehead atoms. The minimum absolute atomic E-state index is 0. The van der Waals surface area contributed by atoms with E-state index >= 15 is 0 Å². The average Bonchev–Trinajstić information content (AvgIpc) is 3.25. The Morgan fingerprint density at radius 1 is 1.26 bits per heavy atom. The fourth-order valence-corrected chi connectivity index (χ4v) is 3.71. The lowest BCUT2D eigenvalue weighted by Gasteiger charge is -2.35. The van der Waals surface area contributed by atoms with Crippen molar-refractivity contribution < 1.29 is 9.53 Å². The summed E-state index contributed by atoms with van der Waals surface area (Å²) >= 11 is 0. The van der Waals surface area contributed by atoms with E-state index in [2.05, 4.69) is 56.9 Å². The Kier molecular flexibility index (Phi) is 9.46. The van der Waals surface area contributed by atoms with Gasteiger partial charge in [0.2, 0.25) is 0 Å². The number of nitrogens with one attached hydrogen (secondary N) is 2. The van der Waals surface area contributed by atoms with Crippen molar-refractivity contribution in [2.24, 2.45) is 4.99 Å². The quantitative estimate of drug-likeness (QED) is 0.263. The van der Waals surface area contributed by atoms with Crippen molar-refractivity contribution in [2.75, 3.05) is 38.1 Å². The van der Waals surface area contributed by atoms with Gasteiger partial charge >= 0.3 is 6.09 Å². The number of anilines is 1. The highest BCUT2D eigenvalue weighted by atomic mass is 127. The number of guanidine groups is 1. The second-order valence-corrected chi connectivity index (χ2v) is 8.88. The van der Waals surface area contributed by atoms with Crippen molar-refractivity contribution >= 4 is 41.7 Å². The third-order valence-electron chi connectivity index (χ3n) is 5.19. The molecule has 2 N–H and O–H groups in total. The molecule has 1 atom stereocenters. The summed E-state index contributed by atoms with van der Waals surface area (Å²) in [6, 6.07) is 8.74. The lowest BCUT2D eigenvalue weighted by atomic mass is 10.1. The third-order valence-corrected chi connectivity index (χ3v) is 5.19. The summed E-state index contributed by atoms with van der Waals surface area (Å²) in [5.74, 6) is 0.749. The van der Waals surface area contributed by atoms with Crippen molar-refractivity contribution in [3.05, 3.63) is 42.0 Å². The Morgan fingerprint density at radius 2 is 2.00 bits per heavy atom. The number of halogens is 1. The van der Waals surface area contributed by atoms with Crippen LogP contribution < -0.4 is 15.5 Å². The zero-order valence-electron chi connectivity index (χ0n) is 19.1. The third kappa shape index (κ3) is 7.90. The van der Waals surface area contributed by atoms with Gasteiger partial charge in [-0.25, -0.2) is 4.79 Å². The Balaban J connectivity index is 0.00000341. The van der Waals surface area contributed by atoms with Gasteiger partial charge < -0.3 is 25.2 Å². The Labute approximate surface area is 203 Å². The molecule has 0 saturated carbocycles. The maximum atomic E-state index is 12.4. The molecule has 2 aliphatic rings. The van der Waals surface area contributed by atoms with Crippen molar-refractivity contribution in [1.29, 1.82) is 0 Å². The number of piperidine rings is 1. The van der Waals surface area contributed by atoms with Gasteiger partial charge in [0.15, 0.2) is 5.96 Å². The summed E-state index contributed by atoms with van der Waals surface area (Å²) in [6.45, 7) is 9.66. The topological polar surface area (TPSA) is 69.2 Å². The van der Waals surface area contributed by atoms with Crippen LogP contribution in [0.5, 0.6) is 0 Å². The molecule has 0 aliphatic carbocycles. The number of carbonyl (C=O) groups is 1. The lowest BCUT2D eigenvalue weighted by molar-refractivity contribution is 0.0193. The van der Waals surface area contributed by atoms with Gasteiger partial charge in [-0.15, -0.1) is 24.0 Å². The Bertz CT molecular complexity index is 782. The first-order valence-electron chi connectivity index (χ1n) is 10.8. The molecule has 1 saturated heterocycles. The minimum atomic E-state index is -0.477. The van der Waals surface area contributed by atoms with Gasteiger partial charge in [-0.3, -0.25) is 4.99 Å². The van der Waals surface area contributed by atoms with E-state index in [4.69, 9.17) is 4.74 Å². The maximum absolute atomic E-state index is 12.4. The molecule has 1 aromatic carbocycles. The number of ether oxygens (including phenoxy) is 1. The van der Waals surface area contributed by atoms with Gasteiger partial charge in [0, 0.05) is 51.5 Å². The Hall–Kier alpha value is -1.97. The molecule has 31 heavy (non-hydrogen) atoms. The van der Waals surface area contributed by atoms with Gasteiger partial charge in [-0.05, 0) is 51.3 Å². The summed E-state index contributed by atoms with van der Waals surface area (Å²) in [7, 11) is 1.77. The molecule has 2 heterocycles. The average molecular weight is 541 g/mol. The van der Waals surface area contributed by atoms with Crippen molar-refractivity contribution in [3.63, 3.8) is 0 Å². The maximum Gasteiger partial charge on any atom is 0.410 e. The highest BCUT2D eigenvalue weighted by Gasteiger charge is 2.28. The molecular weight excluding hydrogens is 505 g/mol. The van der Waals surface area contributed by atoms with E-state index in [9.17, 15) is 4.79 Å². The van der Waals surface area contributed by atoms with E-state index in [-0.39, 0.29) is 36.1 Å². The van der Waals surface area contributed by atoms with Crippen LogP contribution in [0, 0.1) is 0 Å². The van der Waals surface area contributed by atoms with Crippen LogP contribution in [0.15, 0.2) is 41.4 Å². The molecule has 1 amide bonds. The molecule has 3 rings (SSSR count). The molecule has 1 unspecified atom stereocenters. The molecular formula is C23H36IN5O2. The van der Waals surface area contributed by atoms with E-state index in [0.29, 0.717) is 13.1 Å². The number of carbonyl (C=O) groups excluding carboxylic acids is 1. The highest BCUT2D eigenvalue weighted by Crippen LogP contribution is 2.19. The number of aliphatic imine (C=N–C) groups is 1. The first-order chi connectivity index (χ1) is 14.3. The molecule has 172 valence electrons. The van der Waals surface area contributed by atoms with E-state index in [1.54, 1.807) is 11.9 Å². The lowest BCUT2D eigenvalue weighted by Crippen LogP contribution is -2.53. The predicted octanol–water partition coefficient (Wildman–Crippen LogP) is 3.75. The van der Waals surface area contributed by atoms with Gasteiger partial charge in [-0.1, -0.05) is 24.3 Å². The monoisotopic (exact) mass is 541 g/mol. The number of likely N-dealkylation sites (tertiary alicyclic amines) is 1. The fourth-order valence-electron chi connectivity index (χ4n) is 3.71. The molecule has 8 heteroatoms. The number of rotatable bonds is 4. The second-order valence-electron chi connectivity index (χ2n) is 8.88. The second kappa shape index (κ2) is 11.6. The summed E-state index contributed by atoms with van der Waals surface area (Å²) in [5.41, 5.74) is 1.97. The van der Waals surface area contributed by atoms with Crippen molar-refractivity contribution in [1.82, 2.24) is 15.5 Å². The SMILES string of the molecule is CN=C(NCc1cccc(N2CC=CC2)c1)NC1CCCN(C(=O)OC(C)(C)C)C1.I. The minimum Gasteiger partial charge on any atom is -0.444 e. The highest BCUT2D eigenvalue weighted by molar-refractivity contribution is 14.0. The first kappa shape index (κ1) is 25.3. The molecule has 1 fully saturated rings. The fraction of sp³-hybridized carbons (Fsp3) is 0.565. The summed E-state index contributed by atoms with van der Waals surface area (Å²) in [5, 5.41) is 6.87. The molecule has 0 aromatic heterocycles. The van der Waals surface area contributed by atoms with Crippen LogP contribution in [0.1, 0.15) is 39.2 Å². The Morgan fingerprint density at radius 3 is 2.68 bits per heavy atom. The molecule has 7 nitrogen and oxygen atoms in total. The molecule has 0 radical (unpaired) electrons. The molecule has 2 aliphatic heterocycles. The number of benzene rings is 1. The van der Waals surface area contributed by atoms with E-state index in [0.717, 1.165) is 38.4 Å². The largest absolute Gasteiger partial charge is 0.444 e. The van der Waals surface area contributed by atoms with Crippen LogP contribution in [0.2, 0.25) is 0 Å². The summed E-state index contributed by atoms with van der Waals surface area (Å²) in [6.07, 6.45) is 6.09. The van der Waals surface area contributed by atoms with E-state index in [1.807, 2.05) is 20.8 Å². The first-order valence-corrected chi connectivity index (χ1v) is 10.8. The smallest absolute Gasteiger partial charge is 0.410 e. The van der Waals surface area contributed by atoms with Gasteiger partial charge in [0.1, 0.15) is 5.60 Å². The van der Waals surface area contributed by atoms with E-state index in [1.165, 1.54) is 11.3 Å². The van der Waals surface area contributed by atoms with Gasteiger partial charge in [0.05, 0.1) is 0 Å². The van der Waals surface area contributed by atoms with Crippen LogP contribution in [-0.4, -0.2) is 61.8 Å². The molecule has 0 spiro atoms. The zero-order chi connectivity index (χ0) is 21.6. The standard InChI is InChI=1S/C23H35N5O2.HI/c1-23(2,3)30-22(29)28-14-8-10-19(17-28)26-21(24-4)25-16-18-9-7-11-20(15-18)27-12-5-6-13-27;/h5-7,9,11,15,19H,8,10,12-14,16-17H2,1-4H3,(H2,24,25,26);1H. The van der Waals surface area contributed by atoms with Crippen molar-refractivity contribution in [3.8, 4) is 0 Å². The normalized spacial score (nSPS) is 19.1. The van der Waals surface area contributed by atoms with E-state index < -0.39 is 5.60 Å². The number of hydrogen-bond donors (Lipinski definition) is 2. The zero-order valence-corrected chi connectivity index (χ0v) is 21.4. The van der Waals surface area contributed by atoms with Crippen LogP contribution in [0.25, 0.3) is 0 Å².